The van der Waals surface area contributed by atoms with Crippen LogP contribution in [0.3, 0.4) is 0 Å². The zero-order valence-electron chi connectivity index (χ0n) is 19.5. The normalized spacial score (nSPS) is 15.8. The van der Waals surface area contributed by atoms with Crippen LogP contribution in [0.15, 0.2) is 42.5 Å². The van der Waals surface area contributed by atoms with Crippen molar-refractivity contribution in [2.45, 2.75) is 13.3 Å². The largest absolute Gasteiger partial charge is 0.497 e. The number of carbonyl (C=O) groups excluding carboxylic acids is 3. The molecule has 0 atom stereocenters. The van der Waals surface area contributed by atoms with Gasteiger partial charge in [0, 0.05) is 30.0 Å². The van der Waals surface area contributed by atoms with Gasteiger partial charge in [0.2, 0.25) is 0 Å². The van der Waals surface area contributed by atoms with Crippen molar-refractivity contribution in [2.75, 3.05) is 43.2 Å². The second-order valence-electron chi connectivity index (χ2n) is 8.43. The molecule has 1 saturated heterocycles. The SMILES string of the molecule is COc1ccc(-n2nc(C(N)=O)c3c2C(=O)N(c2ccc(N4CCOCC4=O)c(C)c2)CC3)cc1. The average molecular weight is 476 g/mol. The highest BCUT2D eigenvalue weighted by Crippen LogP contribution is 2.32. The Kier molecular flexibility index (Phi) is 5.73. The van der Waals surface area contributed by atoms with Crippen LogP contribution in [-0.2, 0) is 16.0 Å². The number of rotatable bonds is 5. The Balaban J connectivity index is 1.52. The van der Waals surface area contributed by atoms with Gasteiger partial charge in [0.05, 0.1) is 19.4 Å². The molecule has 10 nitrogen and oxygen atoms in total. The average Bonchev–Trinajstić information content (AvgIpc) is 3.26. The number of fused-ring (bicyclic) bond motifs is 1. The van der Waals surface area contributed by atoms with Crippen LogP contribution in [0.2, 0.25) is 0 Å². The van der Waals surface area contributed by atoms with Gasteiger partial charge in [-0.1, -0.05) is 0 Å². The maximum absolute atomic E-state index is 13.7. The minimum atomic E-state index is -0.676. The number of carbonyl (C=O) groups is 3. The summed E-state index contributed by atoms with van der Waals surface area (Å²) in [6.07, 6.45) is 0.429. The first-order valence-electron chi connectivity index (χ1n) is 11.3. The molecule has 2 aromatic carbocycles. The van der Waals surface area contributed by atoms with E-state index in [1.807, 2.05) is 25.1 Å². The first-order chi connectivity index (χ1) is 16.9. The Bertz CT molecular complexity index is 1330. The van der Waals surface area contributed by atoms with Crippen LogP contribution in [0, 0.1) is 6.92 Å². The molecule has 5 rings (SSSR count). The number of nitrogens with zero attached hydrogens (tertiary/aromatic N) is 4. The van der Waals surface area contributed by atoms with Gasteiger partial charge >= 0.3 is 0 Å². The lowest BCUT2D eigenvalue weighted by Crippen LogP contribution is -2.42. The van der Waals surface area contributed by atoms with Crippen molar-refractivity contribution < 1.29 is 23.9 Å². The molecule has 3 amide bonds. The summed E-state index contributed by atoms with van der Waals surface area (Å²) < 4.78 is 11.9. The molecule has 0 aliphatic carbocycles. The Morgan fingerprint density at radius 3 is 2.46 bits per heavy atom. The number of nitrogens with two attached hydrogens (primary N) is 1. The quantitative estimate of drug-likeness (QED) is 0.601. The molecule has 0 bridgehead atoms. The molecular weight excluding hydrogens is 450 g/mol. The fourth-order valence-corrected chi connectivity index (χ4v) is 4.60. The lowest BCUT2D eigenvalue weighted by Gasteiger charge is -2.31. The zero-order valence-corrected chi connectivity index (χ0v) is 19.5. The summed E-state index contributed by atoms with van der Waals surface area (Å²) in [4.78, 5) is 41.5. The molecule has 0 unspecified atom stereocenters. The first kappa shape index (κ1) is 22.6. The van der Waals surface area contributed by atoms with Gasteiger partial charge < -0.3 is 25.0 Å². The molecule has 0 radical (unpaired) electrons. The van der Waals surface area contributed by atoms with E-state index >= 15 is 0 Å². The summed E-state index contributed by atoms with van der Waals surface area (Å²) >= 11 is 0. The molecule has 180 valence electrons. The third kappa shape index (κ3) is 3.91. The van der Waals surface area contributed by atoms with Gasteiger partial charge in [-0.15, -0.1) is 0 Å². The Morgan fingerprint density at radius 2 is 1.80 bits per heavy atom. The summed E-state index contributed by atoms with van der Waals surface area (Å²) in [6.45, 7) is 3.32. The molecule has 3 aromatic rings. The van der Waals surface area contributed by atoms with E-state index in [4.69, 9.17) is 15.2 Å². The number of morpholine rings is 1. The summed E-state index contributed by atoms with van der Waals surface area (Å²) in [7, 11) is 1.57. The van der Waals surface area contributed by atoms with Gasteiger partial charge in [-0.25, -0.2) is 4.68 Å². The predicted molar refractivity (Wildman–Crippen MR) is 128 cm³/mol. The zero-order chi connectivity index (χ0) is 24.7. The Labute approximate surface area is 201 Å². The molecule has 3 heterocycles. The smallest absolute Gasteiger partial charge is 0.277 e. The van der Waals surface area contributed by atoms with Gasteiger partial charge in [0.1, 0.15) is 18.1 Å². The second kappa shape index (κ2) is 8.88. The van der Waals surface area contributed by atoms with E-state index in [0.717, 1.165) is 11.3 Å². The number of methoxy groups -OCH3 is 1. The van der Waals surface area contributed by atoms with Crippen molar-refractivity contribution >= 4 is 29.1 Å². The molecule has 0 saturated carbocycles. The number of anilines is 2. The van der Waals surface area contributed by atoms with E-state index in [-0.39, 0.29) is 24.1 Å². The third-order valence-corrected chi connectivity index (χ3v) is 6.34. The van der Waals surface area contributed by atoms with Crippen LogP contribution < -0.4 is 20.3 Å². The predicted octanol–water partition coefficient (Wildman–Crippen LogP) is 1.85. The van der Waals surface area contributed by atoms with Crippen molar-refractivity contribution in [3.8, 4) is 11.4 Å². The van der Waals surface area contributed by atoms with Gasteiger partial charge in [0.25, 0.3) is 17.7 Å². The van der Waals surface area contributed by atoms with Gasteiger partial charge in [-0.2, -0.15) is 5.10 Å². The van der Waals surface area contributed by atoms with Crippen LogP contribution in [0.4, 0.5) is 11.4 Å². The van der Waals surface area contributed by atoms with Crippen molar-refractivity contribution in [2.24, 2.45) is 5.73 Å². The molecule has 2 aliphatic heterocycles. The summed E-state index contributed by atoms with van der Waals surface area (Å²) in [6, 6.07) is 12.6. The number of aryl methyl sites for hydroxylation is 1. The van der Waals surface area contributed by atoms with Crippen LogP contribution in [0.5, 0.6) is 5.75 Å². The van der Waals surface area contributed by atoms with Crippen molar-refractivity contribution in [1.82, 2.24) is 9.78 Å². The van der Waals surface area contributed by atoms with Crippen LogP contribution in [0.1, 0.15) is 32.1 Å². The van der Waals surface area contributed by atoms with E-state index in [9.17, 15) is 14.4 Å². The number of amides is 3. The van der Waals surface area contributed by atoms with Crippen LogP contribution in [-0.4, -0.2) is 60.9 Å². The minimum Gasteiger partial charge on any atom is -0.497 e. The van der Waals surface area contributed by atoms with Gasteiger partial charge in [0.15, 0.2) is 5.69 Å². The minimum absolute atomic E-state index is 0.0616. The molecule has 35 heavy (non-hydrogen) atoms. The molecule has 2 aliphatic rings. The maximum atomic E-state index is 13.7. The summed E-state index contributed by atoms with van der Waals surface area (Å²) in [5.74, 6) is -0.387. The van der Waals surface area contributed by atoms with Gasteiger partial charge in [-0.3, -0.25) is 14.4 Å². The highest BCUT2D eigenvalue weighted by atomic mass is 16.5. The number of benzene rings is 2. The lowest BCUT2D eigenvalue weighted by molar-refractivity contribution is -0.125. The van der Waals surface area contributed by atoms with E-state index < -0.39 is 5.91 Å². The van der Waals surface area contributed by atoms with E-state index in [0.29, 0.717) is 54.5 Å². The molecular formula is C25H25N5O5. The number of hydrogen-bond acceptors (Lipinski definition) is 6. The maximum Gasteiger partial charge on any atom is 0.277 e. The fourth-order valence-electron chi connectivity index (χ4n) is 4.60. The van der Waals surface area contributed by atoms with Crippen molar-refractivity contribution in [3.63, 3.8) is 0 Å². The molecule has 10 heteroatoms. The number of aromatic nitrogens is 2. The molecule has 0 spiro atoms. The standard InChI is InChI=1S/C25H25N5O5/c1-15-13-17(5-8-20(15)29-11-12-35-14-21(29)31)28-10-9-19-22(24(26)32)27-30(23(19)25(28)33)16-3-6-18(34-2)7-4-16/h3-8,13H,9-12,14H2,1-2H3,(H2,26,32). The van der Waals surface area contributed by atoms with E-state index in [2.05, 4.69) is 5.10 Å². The number of ether oxygens (including phenoxy) is 2. The third-order valence-electron chi connectivity index (χ3n) is 6.34. The fraction of sp³-hybridized carbons (Fsp3) is 0.280. The lowest BCUT2D eigenvalue weighted by atomic mass is 10.0. The van der Waals surface area contributed by atoms with Crippen LogP contribution >= 0.6 is 0 Å². The monoisotopic (exact) mass is 475 g/mol. The number of primary amides is 1. The first-order valence-corrected chi connectivity index (χ1v) is 11.3. The van der Waals surface area contributed by atoms with Crippen molar-refractivity contribution in [3.05, 3.63) is 65.0 Å². The van der Waals surface area contributed by atoms with E-state index in [1.165, 1.54) is 4.68 Å². The van der Waals surface area contributed by atoms with Crippen LogP contribution in [0.25, 0.3) is 5.69 Å². The Morgan fingerprint density at radius 1 is 1.06 bits per heavy atom. The highest BCUT2D eigenvalue weighted by Gasteiger charge is 2.35. The van der Waals surface area contributed by atoms with E-state index in [1.54, 1.807) is 41.2 Å². The molecule has 2 N–H and O–H groups in total. The Hall–Kier alpha value is -4.18. The topological polar surface area (TPSA) is 120 Å². The number of hydrogen-bond donors (Lipinski definition) is 1. The summed E-state index contributed by atoms with van der Waals surface area (Å²) in [5, 5.41) is 4.39. The summed E-state index contributed by atoms with van der Waals surface area (Å²) in [5.41, 5.74) is 9.51. The van der Waals surface area contributed by atoms with Crippen molar-refractivity contribution in [1.29, 1.82) is 0 Å². The molecule has 1 fully saturated rings. The highest BCUT2D eigenvalue weighted by molar-refractivity contribution is 6.09. The second-order valence-corrected chi connectivity index (χ2v) is 8.43. The van der Waals surface area contributed by atoms with Gasteiger partial charge in [-0.05, 0) is 61.4 Å². The molecule has 1 aromatic heterocycles.